The highest BCUT2D eigenvalue weighted by molar-refractivity contribution is 5.21. The molecule has 1 aromatic rings. The number of fused-ring (bicyclic) bond motifs is 1. The first-order valence-corrected chi connectivity index (χ1v) is 5.54. The first-order chi connectivity index (χ1) is 7.88. The first kappa shape index (κ1) is 12.3. The third-order valence-electron chi connectivity index (χ3n) is 2.95. The highest BCUT2D eigenvalue weighted by Crippen LogP contribution is 2.27. The van der Waals surface area contributed by atoms with Gasteiger partial charge in [0.15, 0.2) is 0 Å². The fourth-order valence-corrected chi connectivity index (χ4v) is 1.92. The summed E-state index contributed by atoms with van der Waals surface area (Å²) >= 11 is 0. The van der Waals surface area contributed by atoms with E-state index in [4.69, 9.17) is 0 Å². The molecule has 1 aromatic heterocycles. The maximum absolute atomic E-state index is 12.4. The molecule has 0 unspecified atom stereocenters. The Balaban J connectivity index is 2.26. The second-order valence-corrected chi connectivity index (χ2v) is 4.48. The molecule has 2 heterocycles. The molecule has 94 valence electrons. The number of alkyl halides is 3. The lowest BCUT2D eigenvalue weighted by atomic mass is 10.1. The Kier molecular flexibility index (Phi) is 3.07. The third-order valence-corrected chi connectivity index (χ3v) is 2.95. The molecule has 0 fully saturated rings. The van der Waals surface area contributed by atoms with Crippen LogP contribution in [0, 0.1) is 0 Å². The predicted molar refractivity (Wildman–Crippen MR) is 56.3 cm³/mol. The van der Waals surface area contributed by atoms with Gasteiger partial charge >= 0.3 is 6.18 Å². The Labute approximate surface area is 97.7 Å². The van der Waals surface area contributed by atoms with Crippen molar-refractivity contribution < 1.29 is 13.2 Å². The van der Waals surface area contributed by atoms with E-state index in [9.17, 15) is 13.2 Å². The molecule has 1 aliphatic heterocycles. The lowest BCUT2D eigenvalue weighted by molar-refractivity contribution is -0.145. The Morgan fingerprint density at radius 3 is 2.65 bits per heavy atom. The van der Waals surface area contributed by atoms with Crippen molar-refractivity contribution in [3.8, 4) is 0 Å². The van der Waals surface area contributed by atoms with Crippen LogP contribution in [-0.4, -0.2) is 27.5 Å². The minimum atomic E-state index is -4.45. The van der Waals surface area contributed by atoms with E-state index in [1.165, 1.54) is 6.20 Å². The lowest BCUT2D eigenvalue weighted by Gasteiger charge is -2.31. The van der Waals surface area contributed by atoms with Crippen molar-refractivity contribution in [3.05, 3.63) is 23.3 Å². The fraction of sp³-hybridized carbons (Fsp3) is 0.636. The van der Waals surface area contributed by atoms with Gasteiger partial charge < -0.3 is 0 Å². The number of nitrogens with zero attached hydrogens (tertiary/aromatic N) is 3. The predicted octanol–water partition coefficient (Wildman–Crippen LogP) is 2.26. The van der Waals surface area contributed by atoms with Crippen LogP contribution in [-0.2, 0) is 19.1 Å². The normalized spacial score (nSPS) is 17.3. The van der Waals surface area contributed by atoms with E-state index in [1.54, 1.807) is 0 Å². The zero-order chi connectivity index (χ0) is 12.6. The van der Waals surface area contributed by atoms with Crippen molar-refractivity contribution in [2.24, 2.45) is 0 Å². The molecule has 0 amide bonds. The van der Waals surface area contributed by atoms with Crippen LogP contribution in [0.1, 0.15) is 30.9 Å². The average Bonchev–Trinajstić information content (AvgIpc) is 2.26. The van der Waals surface area contributed by atoms with Crippen molar-refractivity contribution in [2.75, 3.05) is 6.54 Å². The molecule has 0 atom stereocenters. The van der Waals surface area contributed by atoms with E-state index in [1.807, 2.05) is 0 Å². The summed E-state index contributed by atoms with van der Waals surface area (Å²) in [5, 5.41) is 0. The van der Waals surface area contributed by atoms with Gasteiger partial charge in [0.25, 0.3) is 0 Å². The van der Waals surface area contributed by atoms with Crippen LogP contribution in [0.25, 0.3) is 0 Å². The van der Waals surface area contributed by atoms with Gasteiger partial charge in [0.1, 0.15) is 0 Å². The quantitative estimate of drug-likeness (QED) is 0.760. The second-order valence-electron chi connectivity index (χ2n) is 4.48. The molecule has 0 spiro atoms. The maximum atomic E-state index is 12.4. The van der Waals surface area contributed by atoms with Gasteiger partial charge in [-0.2, -0.15) is 13.2 Å². The first-order valence-electron chi connectivity index (χ1n) is 5.54. The highest BCUT2D eigenvalue weighted by atomic mass is 19.4. The van der Waals surface area contributed by atoms with Gasteiger partial charge in [0.2, 0.25) is 5.82 Å². The zero-order valence-corrected chi connectivity index (χ0v) is 9.75. The molecule has 0 bridgehead atoms. The van der Waals surface area contributed by atoms with E-state index < -0.39 is 12.0 Å². The van der Waals surface area contributed by atoms with Crippen molar-refractivity contribution >= 4 is 0 Å². The van der Waals surface area contributed by atoms with Gasteiger partial charge in [-0.25, -0.2) is 9.97 Å². The van der Waals surface area contributed by atoms with E-state index in [2.05, 4.69) is 28.7 Å². The number of halogens is 3. The minimum Gasteiger partial charge on any atom is -0.296 e. The van der Waals surface area contributed by atoms with Crippen LogP contribution in [0.4, 0.5) is 13.2 Å². The molecule has 6 heteroatoms. The largest absolute Gasteiger partial charge is 0.451 e. The zero-order valence-electron chi connectivity index (χ0n) is 9.75. The van der Waals surface area contributed by atoms with Crippen molar-refractivity contribution in [1.29, 1.82) is 0 Å². The summed E-state index contributed by atoms with van der Waals surface area (Å²) in [5.74, 6) is -1.03. The maximum Gasteiger partial charge on any atom is 0.451 e. The molecule has 0 saturated carbocycles. The average molecular weight is 245 g/mol. The van der Waals surface area contributed by atoms with Gasteiger partial charge in [0.05, 0.1) is 5.69 Å². The van der Waals surface area contributed by atoms with Crippen LogP contribution in [0.3, 0.4) is 0 Å². The minimum absolute atomic E-state index is 0.380. The highest BCUT2D eigenvalue weighted by Gasteiger charge is 2.35. The summed E-state index contributed by atoms with van der Waals surface area (Å²) in [6, 6.07) is 0.380. The Hall–Kier alpha value is -1.17. The Morgan fingerprint density at radius 1 is 1.35 bits per heavy atom. The van der Waals surface area contributed by atoms with Gasteiger partial charge in [0, 0.05) is 37.3 Å². The third kappa shape index (κ3) is 2.57. The van der Waals surface area contributed by atoms with E-state index in [0.29, 0.717) is 24.7 Å². The van der Waals surface area contributed by atoms with Gasteiger partial charge in [-0.1, -0.05) is 0 Å². The summed E-state index contributed by atoms with van der Waals surface area (Å²) in [6.45, 7) is 5.51. The molecule has 0 radical (unpaired) electrons. The van der Waals surface area contributed by atoms with Crippen LogP contribution in [0.5, 0.6) is 0 Å². The molecule has 0 aromatic carbocycles. The summed E-state index contributed by atoms with van der Waals surface area (Å²) in [7, 11) is 0. The molecule has 0 saturated heterocycles. The topological polar surface area (TPSA) is 29.0 Å². The number of hydrogen-bond donors (Lipinski definition) is 0. The lowest BCUT2D eigenvalue weighted by Crippen LogP contribution is -2.36. The fourth-order valence-electron chi connectivity index (χ4n) is 1.92. The molecule has 17 heavy (non-hydrogen) atoms. The molecule has 0 N–H and O–H groups in total. The molecule has 2 rings (SSSR count). The Bertz CT molecular complexity index is 415. The number of aromatic nitrogens is 2. The van der Waals surface area contributed by atoms with E-state index >= 15 is 0 Å². The number of hydrogen-bond acceptors (Lipinski definition) is 3. The summed E-state index contributed by atoms with van der Waals surface area (Å²) in [5.41, 5.74) is 1.34. The molecule has 1 aliphatic rings. The van der Waals surface area contributed by atoms with Crippen LogP contribution in [0.2, 0.25) is 0 Å². The Morgan fingerprint density at radius 2 is 2.06 bits per heavy atom. The molecule has 3 nitrogen and oxygen atoms in total. The van der Waals surface area contributed by atoms with E-state index in [-0.39, 0.29) is 0 Å². The summed E-state index contributed by atoms with van der Waals surface area (Å²) < 4.78 is 37.3. The number of rotatable bonds is 1. The summed E-state index contributed by atoms with van der Waals surface area (Å²) in [4.78, 5) is 9.20. The van der Waals surface area contributed by atoms with Crippen molar-refractivity contribution in [2.45, 2.75) is 39.0 Å². The molecular weight excluding hydrogens is 231 g/mol. The van der Waals surface area contributed by atoms with Crippen molar-refractivity contribution in [3.63, 3.8) is 0 Å². The SMILES string of the molecule is CC(C)N1CCc2nc(C(F)(F)F)ncc2C1. The standard InChI is InChI=1S/C11H14F3N3/c1-7(2)17-4-3-9-8(6-17)5-15-10(16-9)11(12,13)14/h5,7H,3-4,6H2,1-2H3. The van der Waals surface area contributed by atoms with E-state index in [0.717, 1.165) is 12.1 Å². The smallest absolute Gasteiger partial charge is 0.296 e. The van der Waals surface area contributed by atoms with Crippen molar-refractivity contribution in [1.82, 2.24) is 14.9 Å². The molecular formula is C11H14F3N3. The van der Waals surface area contributed by atoms with Gasteiger partial charge in [-0.3, -0.25) is 4.90 Å². The second kappa shape index (κ2) is 4.25. The summed E-state index contributed by atoms with van der Waals surface area (Å²) in [6.07, 6.45) is -2.59. The van der Waals surface area contributed by atoms with Crippen LogP contribution >= 0.6 is 0 Å². The monoisotopic (exact) mass is 245 g/mol. The van der Waals surface area contributed by atoms with Crippen LogP contribution < -0.4 is 0 Å². The van der Waals surface area contributed by atoms with Gasteiger partial charge in [-0.15, -0.1) is 0 Å². The molecule has 0 aliphatic carbocycles. The van der Waals surface area contributed by atoms with Gasteiger partial charge in [-0.05, 0) is 13.8 Å². The van der Waals surface area contributed by atoms with Crippen LogP contribution in [0.15, 0.2) is 6.20 Å².